The van der Waals surface area contributed by atoms with Gasteiger partial charge in [0.2, 0.25) is 0 Å². The standard InChI is InChI=1S/2C13H20NO2P.C13H19NO2.C12H18NO2P.2C12H17NO2/c2*1-10-3-5-12(6-4-10)16-9-11-7-13(15-2)8-14(11)17;1-10-3-5-13(6-4-10)16-9-11-7-12(15)8-14(11)2;1-9-2-4-12(5-3-9)15-8-10-6-11(14)7-13(10)16;2*1-9-2-4-12(5-3-9)15-8-10-6-11(14)7-13-10/h2*3-6,11,13H,7-9,17H2,1-2H3;3-6,11-12,15H,7-9H2,1-2H3;2-5,10-11,14H,6-8,16H2,1H3;2*2-5,10-11,13-14H,6-8H2,1H3/t2*11-,13+;11-,12+;3*10-,11+/m000000/s1. The van der Waals surface area contributed by atoms with E-state index < -0.39 is 0 Å². The van der Waals surface area contributed by atoms with Gasteiger partial charge in [0.15, 0.2) is 0 Å². The van der Waals surface area contributed by atoms with Crippen LogP contribution in [0, 0.1) is 41.5 Å². The molecule has 21 heteroatoms. The number of hydrogen-bond acceptors (Lipinski definition) is 18. The number of rotatable bonds is 20. The van der Waals surface area contributed by atoms with Crippen LogP contribution < -0.4 is 39.1 Å². The molecule has 6 aromatic rings. The Hall–Kier alpha value is -5.07. The summed E-state index contributed by atoms with van der Waals surface area (Å²) in [5.74, 6) is 5.46. The molecule has 0 bridgehead atoms. The number of aryl methyl sites for hydroxylation is 6. The second-order valence-corrected chi connectivity index (χ2v) is 28.3. The molecular formula is C75H111N6O12P3. The SMILES string of the molecule is CO[C@@H]1C[C@@H](COc2ccc(C)cc2)N(P)C1.CO[C@@H]1C[C@@H](COc2ccc(C)cc2)N(P)C1.Cc1ccc(OC[C@@H]2C[C@@H](O)CN2)cc1.Cc1ccc(OC[C@@H]2C[C@@H](O)CN2)cc1.Cc1ccc(OC[C@@H]2C[C@@H](O)CN2C)cc1.Cc1ccc(OC[C@@H]2C[C@@H](O)CN2P)cc1. The Labute approximate surface area is 579 Å². The minimum atomic E-state index is -0.218. The normalized spacial score (nSPS) is 25.5. The van der Waals surface area contributed by atoms with E-state index >= 15 is 0 Å². The van der Waals surface area contributed by atoms with Crippen LogP contribution in [0.4, 0.5) is 0 Å². The van der Waals surface area contributed by atoms with Gasteiger partial charge in [-0.05, 0) is 160 Å². The minimum absolute atomic E-state index is 0.198. The zero-order valence-corrected chi connectivity index (χ0v) is 61.6. The molecule has 96 heavy (non-hydrogen) atoms. The predicted octanol–water partition coefficient (Wildman–Crippen LogP) is 9.74. The zero-order chi connectivity index (χ0) is 68.9. The molecule has 528 valence electrons. The molecule has 6 heterocycles. The number of hydrogen-bond donors (Lipinski definition) is 6. The third-order valence-electron chi connectivity index (χ3n) is 17.8. The first-order chi connectivity index (χ1) is 46.1. The largest absolute Gasteiger partial charge is 0.492 e. The lowest BCUT2D eigenvalue weighted by atomic mass is 10.2. The molecular weight excluding hydrogens is 1270 g/mol. The van der Waals surface area contributed by atoms with Crippen molar-refractivity contribution in [2.45, 2.75) is 153 Å². The number of methoxy groups -OCH3 is 2. The number of likely N-dealkylation sites (tertiary alicyclic amines) is 1. The predicted molar refractivity (Wildman–Crippen MR) is 394 cm³/mol. The third-order valence-corrected chi connectivity index (χ3v) is 19.7. The van der Waals surface area contributed by atoms with Gasteiger partial charge in [0.05, 0.1) is 36.6 Å². The molecule has 0 saturated carbocycles. The summed E-state index contributed by atoms with van der Waals surface area (Å²) >= 11 is 0. The van der Waals surface area contributed by atoms with Gasteiger partial charge in [-0.25, -0.2) is 0 Å². The third kappa shape index (κ3) is 28.6. The second kappa shape index (κ2) is 41.5. The van der Waals surface area contributed by atoms with Crippen LogP contribution in [0.15, 0.2) is 146 Å². The molecule has 6 saturated heterocycles. The van der Waals surface area contributed by atoms with Crippen LogP contribution in [0.5, 0.6) is 34.5 Å². The van der Waals surface area contributed by atoms with E-state index in [1.165, 1.54) is 33.4 Å². The van der Waals surface area contributed by atoms with E-state index in [9.17, 15) is 20.4 Å². The topological polar surface area (TPSA) is 192 Å². The molecule has 0 spiro atoms. The van der Waals surface area contributed by atoms with Crippen LogP contribution in [0.3, 0.4) is 0 Å². The van der Waals surface area contributed by atoms with E-state index in [2.05, 4.69) is 124 Å². The molecule has 6 aliphatic heterocycles. The lowest BCUT2D eigenvalue weighted by Crippen LogP contribution is -2.30. The number of aliphatic hydroxyl groups excluding tert-OH is 4. The summed E-state index contributed by atoms with van der Waals surface area (Å²) in [6, 6.07) is 50.5. The number of nitrogens with zero attached hydrogens (tertiary/aromatic N) is 4. The molecule has 15 atom stereocenters. The van der Waals surface area contributed by atoms with E-state index in [1.807, 2.05) is 128 Å². The first-order valence-electron chi connectivity index (χ1n) is 33.8. The first kappa shape index (κ1) is 78.3. The molecule has 6 aromatic carbocycles. The fourth-order valence-electron chi connectivity index (χ4n) is 11.6. The van der Waals surface area contributed by atoms with Crippen LogP contribution in [0.2, 0.25) is 0 Å². The van der Waals surface area contributed by atoms with Crippen LogP contribution >= 0.6 is 28.2 Å². The summed E-state index contributed by atoms with van der Waals surface area (Å²) < 4.78 is 51.5. The highest BCUT2D eigenvalue weighted by Gasteiger charge is 2.33. The number of benzene rings is 6. The van der Waals surface area contributed by atoms with Gasteiger partial charge < -0.3 is 69.0 Å². The van der Waals surface area contributed by atoms with Gasteiger partial charge in [0.1, 0.15) is 74.1 Å². The Bertz CT molecular complexity index is 2870. The summed E-state index contributed by atoms with van der Waals surface area (Å²) in [5.41, 5.74) is 7.45. The molecule has 6 fully saturated rings. The molecule has 0 radical (unpaired) electrons. The van der Waals surface area contributed by atoms with Crippen molar-refractivity contribution in [3.8, 4) is 34.5 Å². The Balaban J connectivity index is 0.000000163. The van der Waals surface area contributed by atoms with E-state index in [4.69, 9.17) is 37.9 Å². The number of likely N-dealkylation sites (N-methyl/N-ethyl adjacent to an activating group) is 1. The maximum Gasteiger partial charge on any atom is 0.119 e. The van der Waals surface area contributed by atoms with Crippen LogP contribution in [0.25, 0.3) is 0 Å². The van der Waals surface area contributed by atoms with Gasteiger partial charge in [-0.1, -0.05) is 134 Å². The van der Waals surface area contributed by atoms with Gasteiger partial charge in [-0.2, -0.15) is 0 Å². The Morgan fingerprint density at radius 3 is 0.812 bits per heavy atom. The minimum Gasteiger partial charge on any atom is -0.492 e. The molecule has 0 aliphatic carbocycles. The number of nitrogens with one attached hydrogen (secondary N) is 2. The van der Waals surface area contributed by atoms with Crippen molar-refractivity contribution >= 4 is 28.2 Å². The second-order valence-electron chi connectivity index (χ2n) is 26.3. The number of aliphatic hydroxyl groups is 4. The van der Waals surface area contributed by atoms with Crippen molar-refractivity contribution in [3.05, 3.63) is 179 Å². The molecule has 3 unspecified atom stereocenters. The molecule has 18 nitrogen and oxygen atoms in total. The maximum absolute atomic E-state index is 9.51. The van der Waals surface area contributed by atoms with E-state index in [1.54, 1.807) is 14.2 Å². The molecule has 12 rings (SSSR count). The van der Waals surface area contributed by atoms with E-state index in [0.717, 1.165) is 92.7 Å². The smallest absolute Gasteiger partial charge is 0.119 e. The summed E-state index contributed by atoms with van der Waals surface area (Å²) in [6.45, 7) is 21.1. The lowest BCUT2D eigenvalue weighted by molar-refractivity contribution is 0.113. The van der Waals surface area contributed by atoms with Crippen LogP contribution in [-0.2, 0) is 9.47 Å². The Morgan fingerprint density at radius 2 is 0.583 bits per heavy atom. The van der Waals surface area contributed by atoms with E-state index in [-0.39, 0.29) is 36.5 Å². The molecule has 0 aromatic heterocycles. The van der Waals surface area contributed by atoms with Crippen molar-refractivity contribution in [2.24, 2.45) is 0 Å². The van der Waals surface area contributed by atoms with Gasteiger partial charge in [0.25, 0.3) is 0 Å². The van der Waals surface area contributed by atoms with Crippen molar-refractivity contribution in [3.63, 3.8) is 0 Å². The summed E-state index contributed by atoms with van der Waals surface area (Å²) in [6.07, 6.45) is 5.06. The Kier molecular flexibility index (Phi) is 33.8. The van der Waals surface area contributed by atoms with Crippen molar-refractivity contribution < 1.29 is 58.3 Å². The number of β-amino-alcohol motifs (C(OH)–C–C–N with tert-alkyl or cyclic N) is 4. The van der Waals surface area contributed by atoms with Gasteiger partial charge in [0, 0.05) is 89.7 Å². The lowest BCUT2D eigenvalue weighted by Gasteiger charge is -2.19. The highest BCUT2D eigenvalue weighted by atomic mass is 31.0. The maximum atomic E-state index is 9.51. The zero-order valence-electron chi connectivity index (χ0n) is 58.1. The molecule has 6 N–H and O–H groups in total. The highest BCUT2D eigenvalue weighted by molar-refractivity contribution is 7.13. The first-order valence-corrected chi connectivity index (χ1v) is 35.4. The van der Waals surface area contributed by atoms with Crippen molar-refractivity contribution in [1.29, 1.82) is 0 Å². The van der Waals surface area contributed by atoms with Crippen molar-refractivity contribution in [1.82, 2.24) is 29.5 Å². The summed E-state index contributed by atoms with van der Waals surface area (Å²) in [7, 11) is 13.7. The van der Waals surface area contributed by atoms with Crippen molar-refractivity contribution in [2.75, 3.05) is 100 Å². The summed E-state index contributed by atoms with van der Waals surface area (Å²) in [5, 5.41) is 44.1. The van der Waals surface area contributed by atoms with Gasteiger partial charge in [-0.3, -0.25) is 18.9 Å². The highest BCUT2D eigenvalue weighted by Crippen LogP contribution is 2.28. The van der Waals surface area contributed by atoms with Crippen LogP contribution in [0.1, 0.15) is 71.9 Å². The fraction of sp³-hybridized carbons (Fsp3) is 0.520. The fourth-order valence-corrected chi connectivity index (χ4v) is 12.9. The summed E-state index contributed by atoms with van der Waals surface area (Å²) in [4.78, 5) is 2.15. The average molecular weight is 1380 g/mol. The quantitative estimate of drug-likeness (QED) is 0.0396. The Morgan fingerprint density at radius 1 is 0.333 bits per heavy atom. The van der Waals surface area contributed by atoms with Gasteiger partial charge in [-0.15, -0.1) is 0 Å². The monoisotopic (exact) mass is 1380 g/mol. The van der Waals surface area contributed by atoms with E-state index in [0.29, 0.717) is 95.7 Å². The molecule has 6 aliphatic rings. The average Bonchev–Trinajstić information content (AvgIpc) is 1.87. The molecule has 0 amide bonds. The van der Waals surface area contributed by atoms with Crippen LogP contribution in [-0.4, -0.2) is 212 Å². The number of ether oxygens (including phenoxy) is 8. The van der Waals surface area contributed by atoms with Gasteiger partial charge >= 0.3 is 0 Å².